The smallest absolute Gasteiger partial charge is 0.145 e. The molecular weight excluding hydrogens is 297 g/mol. The summed E-state index contributed by atoms with van der Waals surface area (Å²) in [6, 6.07) is 6.40. The number of benzene rings is 1. The van der Waals surface area contributed by atoms with E-state index < -0.39 is 0 Å². The van der Waals surface area contributed by atoms with Crippen molar-refractivity contribution >= 4 is 15.9 Å². The zero-order valence-electron chi connectivity index (χ0n) is 9.90. The van der Waals surface area contributed by atoms with E-state index in [1.807, 2.05) is 7.05 Å². The molecule has 0 aliphatic carbocycles. The molecule has 2 aromatic rings. The van der Waals surface area contributed by atoms with Crippen LogP contribution in [0.1, 0.15) is 17.4 Å². The SMILES string of the molecule is CNC(Cc1cc(F)ccc1Br)c1ncccn1. The molecular formula is C13H13BrFN3. The molecule has 0 aliphatic rings. The minimum absolute atomic E-state index is 0.0377. The Balaban J connectivity index is 2.23. The lowest BCUT2D eigenvalue weighted by molar-refractivity contribution is 0.552. The average Bonchev–Trinajstić information content (AvgIpc) is 2.41. The van der Waals surface area contributed by atoms with E-state index in [1.165, 1.54) is 12.1 Å². The van der Waals surface area contributed by atoms with E-state index >= 15 is 0 Å². The van der Waals surface area contributed by atoms with Crippen LogP contribution in [0.25, 0.3) is 0 Å². The lowest BCUT2D eigenvalue weighted by atomic mass is 10.1. The summed E-state index contributed by atoms with van der Waals surface area (Å²) >= 11 is 3.43. The van der Waals surface area contributed by atoms with Crippen LogP contribution < -0.4 is 5.32 Å². The number of halogens is 2. The third-order valence-electron chi connectivity index (χ3n) is 2.68. The highest BCUT2D eigenvalue weighted by Gasteiger charge is 2.14. The van der Waals surface area contributed by atoms with E-state index in [2.05, 4.69) is 31.2 Å². The molecule has 1 aromatic carbocycles. The molecule has 0 spiro atoms. The molecule has 0 bridgehead atoms. The molecule has 1 N–H and O–H groups in total. The van der Waals surface area contributed by atoms with Crippen molar-refractivity contribution < 1.29 is 4.39 Å². The minimum Gasteiger partial charge on any atom is -0.310 e. The molecule has 94 valence electrons. The van der Waals surface area contributed by atoms with Gasteiger partial charge in [0.15, 0.2) is 0 Å². The van der Waals surface area contributed by atoms with Gasteiger partial charge in [0.05, 0.1) is 6.04 Å². The second-order valence-electron chi connectivity index (χ2n) is 3.89. The molecule has 1 unspecified atom stereocenters. The zero-order valence-corrected chi connectivity index (χ0v) is 11.5. The first-order valence-electron chi connectivity index (χ1n) is 5.59. The first-order chi connectivity index (χ1) is 8.70. The first kappa shape index (κ1) is 13.1. The van der Waals surface area contributed by atoms with Crippen LogP contribution in [-0.4, -0.2) is 17.0 Å². The number of nitrogens with zero attached hydrogens (tertiary/aromatic N) is 2. The number of aromatic nitrogens is 2. The fourth-order valence-corrected chi connectivity index (χ4v) is 2.14. The summed E-state index contributed by atoms with van der Waals surface area (Å²) in [6.45, 7) is 0. The van der Waals surface area contributed by atoms with Crippen LogP contribution in [0.5, 0.6) is 0 Å². The van der Waals surface area contributed by atoms with Gasteiger partial charge in [0.1, 0.15) is 11.6 Å². The van der Waals surface area contributed by atoms with Gasteiger partial charge < -0.3 is 5.32 Å². The van der Waals surface area contributed by atoms with Gasteiger partial charge in [-0.15, -0.1) is 0 Å². The Morgan fingerprint density at radius 1 is 1.33 bits per heavy atom. The Hall–Kier alpha value is -1.33. The second kappa shape index (κ2) is 6.02. The first-order valence-corrected chi connectivity index (χ1v) is 6.38. The Morgan fingerprint density at radius 3 is 2.72 bits per heavy atom. The molecule has 1 heterocycles. The molecule has 0 amide bonds. The van der Waals surface area contributed by atoms with Gasteiger partial charge >= 0.3 is 0 Å². The Labute approximate surface area is 114 Å². The standard InChI is InChI=1S/C13H13BrFN3/c1-16-12(13-17-5-2-6-18-13)8-9-7-10(15)3-4-11(9)14/h2-7,12,16H,8H2,1H3. The van der Waals surface area contributed by atoms with E-state index in [0.29, 0.717) is 12.2 Å². The van der Waals surface area contributed by atoms with Gasteiger partial charge in [0.25, 0.3) is 0 Å². The molecule has 0 fully saturated rings. The van der Waals surface area contributed by atoms with Crippen LogP contribution in [0, 0.1) is 5.82 Å². The highest BCUT2D eigenvalue weighted by Crippen LogP contribution is 2.23. The lowest BCUT2D eigenvalue weighted by Gasteiger charge is -2.15. The maximum absolute atomic E-state index is 13.2. The molecule has 0 radical (unpaired) electrons. The van der Waals surface area contributed by atoms with Gasteiger partial charge in [-0.2, -0.15) is 0 Å². The van der Waals surface area contributed by atoms with E-state index in [1.54, 1.807) is 24.5 Å². The van der Waals surface area contributed by atoms with Crippen LogP contribution >= 0.6 is 15.9 Å². The highest BCUT2D eigenvalue weighted by atomic mass is 79.9. The fraction of sp³-hybridized carbons (Fsp3) is 0.231. The molecule has 0 aliphatic heterocycles. The summed E-state index contributed by atoms with van der Waals surface area (Å²) in [6.07, 6.45) is 4.03. The Kier molecular flexibility index (Phi) is 4.38. The maximum Gasteiger partial charge on any atom is 0.145 e. The zero-order chi connectivity index (χ0) is 13.0. The van der Waals surface area contributed by atoms with Crippen molar-refractivity contribution in [3.05, 3.63) is 58.3 Å². The Morgan fingerprint density at radius 2 is 2.06 bits per heavy atom. The van der Waals surface area contributed by atoms with Crippen molar-refractivity contribution in [2.24, 2.45) is 0 Å². The number of nitrogens with one attached hydrogen (secondary N) is 1. The van der Waals surface area contributed by atoms with Gasteiger partial charge in [-0.25, -0.2) is 14.4 Å². The highest BCUT2D eigenvalue weighted by molar-refractivity contribution is 9.10. The fourth-order valence-electron chi connectivity index (χ4n) is 1.73. The van der Waals surface area contributed by atoms with Crippen molar-refractivity contribution in [3.63, 3.8) is 0 Å². The number of hydrogen-bond acceptors (Lipinski definition) is 3. The number of rotatable bonds is 4. The van der Waals surface area contributed by atoms with E-state index in [-0.39, 0.29) is 11.9 Å². The summed E-state index contributed by atoms with van der Waals surface area (Å²) in [5.41, 5.74) is 0.891. The third-order valence-corrected chi connectivity index (χ3v) is 3.45. The van der Waals surface area contributed by atoms with Crippen LogP contribution in [0.4, 0.5) is 4.39 Å². The Bertz CT molecular complexity index is 519. The van der Waals surface area contributed by atoms with Crippen molar-refractivity contribution in [1.82, 2.24) is 15.3 Å². The minimum atomic E-state index is -0.239. The summed E-state index contributed by atoms with van der Waals surface area (Å²) in [5, 5.41) is 3.15. The third kappa shape index (κ3) is 3.11. The monoisotopic (exact) mass is 309 g/mol. The predicted molar refractivity (Wildman–Crippen MR) is 71.6 cm³/mol. The topological polar surface area (TPSA) is 37.8 Å². The molecule has 5 heteroatoms. The summed E-state index contributed by atoms with van der Waals surface area (Å²) in [7, 11) is 1.84. The molecule has 0 saturated heterocycles. The van der Waals surface area contributed by atoms with E-state index in [9.17, 15) is 4.39 Å². The lowest BCUT2D eigenvalue weighted by Crippen LogP contribution is -2.21. The second-order valence-corrected chi connectivity index (χ2v) is 4.74. The van der Waals surface area contributed by atoms with E-state index in [0.717, 1.165) is 10.0 Å². The van der Waals surface area contributed by atoms with Crippen LogP contribution in [0.15, 0.2) is 41.1 Å². The largest absolute Gasteiger partial charge is 0.310 e. The van der Waals surface area contributed by atoms with Gasteiger partial charge in [0.2, 0.25) is 0 Å². The normalized spacial score (nSPS) is 12.4. The molecule has 2 rings (SSSR count). The molecule has 1 aromatic heterocycles. The molecule has 3 nitrogen and oxygen atoms in total. The van der Waals surface area contributed by atoms with Gasteiger partial charge in [-0.3, -0.25) is 0 Å². The van der Waals surface area contributed by atoms with Gasteiger partial charge in [-0.1, -0.05) is 15.9 Å². The van der Waals surface area contributed by atoms with E-state index in [4.69, 9.17) is 0 Å². The van der Waals surface area contributed by atoms with Crippen LogP contribution in [0.3, 0.4) is 0 Å². The summed E-state index contributed by atoms with van der Waals surface area (Å²) in [4.78, 5) is 8.43. The van der Waals surface area contributed by atoms with Crippen molar-refractivity contribution in [1.29, 1.82) is 0 Å². The van der Waals surface area contributed by atoms with Crippen molar-refractivity contribution in [2.75, 3.05) is 7.05 Å². The summed E-state index contributed by atoms with van der Waals surface area (Å²) < 4.78 is 14.1. The number of likely N-dealkylation sites (N-methyl/N-ethyl adjacent to an activating group) is 1. The quantitative estimate of drug-likeness (QED) is 0.943. The average molecular weight is 310 g/mol. The molecule has 1 atom stereocenters. The van der Waals surface area contributed by atoms with Crippen LogP contribution in [0.2, 0.25) is 0 Å². The number of hydrogen-bond donors (Lipinski definition) is 1. The van der Waals surface area contributed by atoms with Crippen molar-refractivity contribution in [2.45, 2.75) is 12.5 Å². The van der Waals surface area contributed by atoms with Gasteiger partial charge in [0, 0.05) is 16.9 Å². The molecule has 18 heavy (non-hydrogen) atoms. The van der Waals surface area contributed by atoms with Crippen molar-refractivity contribution in [3.8, 4) is 0 Å². The van der Waals surface area contributed by atoms with Crippen LogP contribution in [-0.2, 0) is 6.42 Å². The van der Waals surface area contributed by atoms with Gasteiger partial charge in [-0.05, 0) is 43.3 Å². The predicted octanol–water partition coefficient (Wildman–Crippen LogP) is 2.88. The summed E-state index contributed by atoms with van der Waals surface area (Å²) in [5.74, 6) is 0.466. The maximum atomic E-state index is 13.2. The molecule has 0 saturated carbocycles.